The summed E-state index contributed by atoms with van der Waals surface area (Å²) in [5.41, 5.74) is 2.22. The molecule has 2 amide bonds. The Bertz CT molecular complexity index is 821. The molecule has 0 spiro atoms. The fourth-order valence-corrected chi connectivity index (χ4v) is 3.85. The predicted molar refractivity (Wildman–Crippen MR) is 102 cm³/mol. The first kappa shape index (κ1) is 17.6. The molecule has 0 saturated carbocycles. The zero-order valence-corrected chi connectivity index (χ0v) is 15.3. The fraction of sp³-hybridized carbons (Fsp3) is 0.364. The molecule has 1 fully saturated rings. The highest BCUT2D eigenvalue weighted by atomic mass is 16.5. The number of hydrogen-bond acceptors (Lipinski definition) is 3. The minimum absolute atomic E-state index is 0.0349. The van der Waals surface area contributed by atoms with E-state index in [1.54, 1.807) is 0 Å². The lowest BCUT2D eigenvalue weighted by Gasteiger charge is -2.27. The summed E-state index contributed by atoms with van der Waals surface area (Å²) >= 11 is 0. The number of carbonyl (C=O) groups excluding carboxylic acids is 2. The van der Waals surface area contributed by atoms with E-state index in [2.05, 4.69) is 17.4 Å². The molecule has 2 heterocycles. The van der Waals surface area contributed by atoms with Gasteiger partial charge in [-0.15, -0.1) is 0 Å². The minimum atomic E-state index is -0.275. The van der Waals surface area contributed by atoms with Crippen LogP contribution >= 0.6 is 0 Å². The van der Waals surface area contributed by atoms with E-state index < -0.39 is 0 Å². The average molecular weight is 364 g/mol. The smallest absolute Gasteiger partial charge is 0.225 e. The lowest BCUT2D eigenvalue weighted by Crippen LogP contribution is -2.37. The number of rotatable bonds is 5. The molecule has 1 N–H and O–H groups in total. The van der Waals surface area contributed by atoms with Crippen LogP contribution in [0.2, 0.25) is 0 Å². The number of likely N-dealkylation sites (tertiary alicyclic amines) is 1. The zero-order valence-electron chi connectivity index (χ0n) is 15.3. The summed E-state index contributed by atoms with van der Waals surface area (Å²) < 4.78 is 5.66. The van der Waals surface area contributed by atoms with Gasteiger partial charge < -0.3 is 15.0 Å². The van der Waals surface area contributed by atoms with Gasteiger partial charge in [0.25, 0.3) is 0 Å². The third-order valence-corrected chi connectivity index (χ3v) is 5.37. The SMILES string of the molecule is O=C(NC1CCOc2ccccc21)C1CC(=O)N(CCc2ccccc2)C1. The van der Waals surface area contributed by atoms with Crippen LogP contribution < -0.4 is 10.1 Å². The Morgan fingerprint density at radius 2 is 1.89 bits per heavy atom. The standard InChI is InChI=1S/C22H24N2O3/c25-21-14-17(15-24(21)12-10-16-6-2-1-3-7-16)22(26)23-19-11-13-27-20-9-5-4-8-18(19)20/h1-9,17,19H,10-15H2,(H,23,26). The maximum absolute atomic E-state index is 12.8. The number of fused-ring (bicyclic) bond motifs is 1. The van der Waals surface area contributed by atoms with Gasteiger partial charge in [0.05, 0.1) is 18.6 Å². The normalized spacial score (nSPS) is 21.5. The maximum atomic E-state index is 12.8. The molecule has 0 bridgehead atoms. The lowest BCUT2D eigenvalue weighted by molar-refractivity contribution is -0.129. The molecule has 2 atom stereocenters. The van der Waals surface area contributed by atoms with Gasteiger partial charge >= 0.3 is 0 Å². The van der Waals surface area contributed by atoms with Crippen molar-refractivity contribution >= 4 is 11.8 Å². The fourth-order valence-electron chi connectivity index (χ4n) is 3.85. The molecule has 2 aromatic carbocycles. The van der Waals surface area contributed by atoms with Crippen molar-refractivity contribution in [3.05, 3.63) is 65.7 Å². The van der Waals surface area contributed by atoms with Crippen LogP contribution in [0.5, 0.6) is 5.75 Å². The van der Waals surface area contributed by atoms with Crippen LogP contribution in [-0.2, 0) is 16.0 Å². The van der Waals surface area contributed by atoms with E-state index in [0.29, 0.717) is 26.1 Å². The zero-order chi connectivity index (χ0) is 18.6. The molecule has 0 aromatic heterocycles. The van der Waals surface area contributed by atoms with Crippen molar-refractivity contribution in [2.24, 2.45) is 5.92 Å². The van der Waals surface area contributed by atoms with Gasteiger partial charge in [-0.2, -0.15) is 0 Å². The second-order valence-corrected chi connectivity index (χ2v) is 7.21. The van der Waals surface area contributed by atoms with Crippen LogP contribution in [0.1, 0.15) is 30.0 Å². The predicted octanol–water partition coefficient (Wildman–Crippen LogP) is 2.72. The number of benzene rings is 2. The summed E-state index contributed by atoms with van der Waals surface area (Å²) in [6.07, 6.45) is 1.86. The highest BCUT2D eigenvalue weighted by Crippen LogP contribution is 2.32. The van der Waals surface area contributed by atoms with Crippen molar-refractivity contribution in [2.75, 3.05) is 19.7 Å². The molecule has 1 saturated heterocycles. The molecule has 4 rings (SSSR count). The van der Waals surface area contributed by atoms with Gasteiger partial charge in [-0.1, -0.05) is 48.5 Å². The van der Waals surface area contributed by atoms with Gasteiger partial charge in [0.15, 0.2) is 0 Å². The van der Waals surface area contributed by atoms with Crippen LogP contribution in [0.3, 0.4) is 0 Å². The van der Waals surface area contributed by atoms with Crippen molar-refractivity contribution in [2.45, 2.75) is 25.3 Å². The van der Waals surface area contributed by atoms with Crippen LogP contribution in [0.25, 0.3) is 0 Å². The number of nitrogens with one attached hydrogen (secondary N) is 1. The third-order valence-electron chi connectivity index (χ3n) is 5.37. The molecule has 140 valence electrons. The molecule has 2 aliphatic heterocycles. The van der Waals surface area contributed by atoms with Crippen molar-refractivity contribution in [1.82, 2.24) is 10.2 Å². The summed E-state index contributed by atoms with van der Waals surface area (Å²) in [5.74, 6) is 0.593. The molecular weight excluding hydrogens is 340 g/mol. The Labute approximate surface area is 159 Å². The summed E-state index contributed by atoms with van der Waals surface area (Å²) in [7, 11) is 0. The Morgan fingerprint density at radius 1 is 1.11 bits per heavy atom. The summed E-state index contributed by atoms with van der Waals surface area (Å²) in [6.45, 7) is 1.75. The average Bonchev–Trinajstić information content (AvgIpc) is 3.08. The van der Waals surface area contributed by atoms with E-state index in [4.69, 9.17) is 4.74 Å². The summed E-state index contributed by atoms with van der Waals surface area (Å²) in [4.78, 5) is 26.9. The van der Waals surface area contributed by atoms with Crippen molar-refractivity contribution < 1.29 is 14.3 Å². The molecule has 2 aromatic rings. The Kier molecular flexibility index (Phi) is 5.10. The summed E-state index contributed by atoms with van der Waals surface area (Å²) in [5, 5.41) is 3.13. The number of carbonyl (C=O) groups is 2. The molecule has 5 nitrogen and oxygen atoms in total. The first-order chi connectivity index (χ1) is 13.2. The molecule has 2 unspecified atom stereocenters. The Balaban J connectivity index is 1.34. The van der Waals surface area contributed by atoms with Crippen LogP contribution in [0, 0.1) is 5.92 Å². The van der Waals surface area contributed by atoms with E-state index in [1.165, 1.54) is 5.56 Å². The van der Waals surface area contributed by atoms with Gasteiger partial charge in [-0.05, 0) is 18.1 Å². The number of nitrogens with zero attached hydrogens (tertiary/aromatic N) is 1. The number of ether oxygens (including phenoxy) is 1. The highest BCUT2D eigenvalue weighted by molar-refractivity contribution is 5.89. The molecule has 5 heteroatoms. The van der Waals surface area contributed by atoms with Crippen molar-refractivity contribution in [3.63, 3.8) is 0 Å². The minimum Gasteiger partial charge on any atom is -0.493 e. The number of hydrogen-bond donors (Lipinski definition) is 1. The Hall–Kier alpha value is -2.82. The number of para-hydroxylation sites is 1. The van der Waals surface area contributed by atoms with E-state index >= 15 is 0 Å². The topological polar surface area (TPSA) is 58.6 Å². The first-order valence-electron chi connectivity index (χ1n) is 9.54. The molecule has 27 heavy (non-hydrogen) atoms. The molecular formula is C22H24N2O3. The van der Waals surface area contributed by atoms with Crippen molar-refractivity contribution in [1.29, 1.82) is 0 Å². The second kappa shape index (κ2) is 7.82. The highest BCUT2D eigenvalue weighted by Gasteiger charge is 2.35. The van der Waals surface area contributed by atoms with Crippen molar-refractivity contribution in [3.8, 4) is 5.75 Å². The number of amides is 2. The largest absolute Gasteiger partial charge is 0.493 e. The Morgan fingerprint density at radius 3 is 2.74 bits per heavy atom. The van der Waals surface area contributed by atoms with Crippen LogP contribution in [-0.4, -0.2) is 36.4 Å². The van der Waals surface area contributed by atoms with Gasteiger partial charge in [-0.3, -0.25) is 9.59 Å². The van der Waals surface area contributed by atoms with Gasteiger partial charge in [0.2, 0.25) is 11.8 Å². The molecule has 0 radical (unpaired) electrons. The van der Waals surface area contributed by atoms with Crippen LogP contribution in [0.4, 0.5) is 0 Å². The molecule has 0 aliphatic carbocycles. The van der Waals surface area contributed by atoms with Gasteiger partial charge in [0.1, 0.15) is 5.75 Å². The van der Waals surface area contributed by atoms with E-state index in [-0.39, 0.29) is 23.8 Å². The maximum Gasteiger partial charge on any atom is 0.225 e. The van der Waals surface area contributed by atoms with E-state index in [0.717, 1.165) is 24.2 Å². The third kappa shape index (κ3) is 3.97. The van der Waals surface area contributed by atoms with Crippen LogP contribution in [0.15, 0.2) is 54.6 Å². The summed E-state index contributed by atoms with van der Waals surface area (Å²) in [6, 6.07) is 17.9. The quantitative estimate of drug-likeness (QED) is 0.887. The second-order valence-electron chi connectivity index (χ2n) is 7.21. The monoisotopic (exact) mass is 364 g/mol. The first-order valence-corrected chi connectivity index (χ1v) is 9.54. The van der Waals surface area contributed by atoms with E-state index in [9.17, 15) is 9.59 Å². The van der Waals surface area contributed by atoms with Gasteiger partial charge in [-0.25, -0.2) is 0 Å². The lowest BCUT2D eigenvalue weighted by atomic mass is 9.99. The van der Waals surface area contributed by atoms with E-state index in [1.807, 2.05) is 47.4 Å². The van der Waals surface area contributed by atoms with Gasteiger partial charge in [0, 0.05) is 31.5 Å². The molecule has 2 aliphatic rings.